The fourth-order valence-electron chi connectivity index (χ4n) is 3.30. The van der Waals surface area contributed by atoms with Gasteiger partial charge >= 0.3 is 0 Å². The molecule has 0 fully saturated rings. The van der Waals surface area contributed by atoms with Gasteiger partial charge in [-0.2, -0.15) is 5.26 Å². The molecule has 1 aliphatic rings. The minimum absolute atomic E-state index is 0.0192. The molecule has 0 saturated heterocycles. The molecule has 3 heterocycles. The molecule has 0 aliphatic carbocycles. The van der Waals surface area contributed by atoms with Gasteiger partial charge in [0.1, 0.15) is 11.8 Å². The smallest absolute Gasteiger partial charge is 0.142 e. The van der Waals surface area contributed by atoms with Crippen LogP contribution < -0.4 is 4.90 Å². The van der Waals surface area contributed by atoms with Crippen molar-refractivity contribution in [3.63, 3.8) is 0 Å². The number of benzene rings is 1. The summed E-state index contributed by atoms with van der Waals surface area (Å²) in [6, 6.07) is 15.9. The second-order valence-corrected chi connectivity index (χ2v) is 6.01. The molecule has 3 aromatic rings. The fourth-order valence-corrected chi connectivity index (χ4v) is 3.30. The predicted octanol–water partition coefficient (Wildman–Crippen LogP) is 3.28. The van der Waals surface area contributed by atoms with E-state index in [1.807, 2.05) is 42.6 Å². The Labute approximate surface area is 145 Å². The van der Waals surface area contributed by atoms with E-state index in [-0.39, 0.29) is 12.6 Å². The van der Waals surface area contributed by atoms with Crippen molar-refractivity contribution < 1.29 is 5.11 Å². The van der Waals surface area contributed by atoms with Gasteiger partial charge < -0.3 is 10.0 Å². The monoisotopic (exact) mass is 328 g/mol. The summed E-state index contributed by atoms with van der Waals surface area (Å²) in [7, 11) is 0. The maximum atomic E-state index is 9.28. The Morgan fingerprint density at radius 2 is 2.04 bits per heavy atom. The zero-order valence-corrected chi connectivity index (χ0v) is 13.5. The number of nitriles is 1. The second-order valence-electron chi connectivity index (χ2n) is 6.01. The summed E-state index contributed by atoms with van der Waals surface area (Å²) in [5.74, 6) is 0. The van der Waals surface area contributed by atoms with Crippen molar-refractivity contribution in [3.05, 3.63) is 83.4 Å². The third-order valence-corrected chi connectivity index (χ3v) is 4.53. The zero-order chi connectivity index (χ0) is 17.2. The first kappa shape index (κ1) is 15.3. The van der Waals surface area contributed by atoms with Gasteiger partial charge in [-0.1, -0.05) is 18.2 Å². The Hall–Kier alpha value is -3.23. The van der Waals surface area contributed by atoms with Crippen molar-refractivity contribution in [1.29, 1.82) is 5.26 Å². The SMILES string of the molecule is N#Cc1cc2c(cn1)CC(c1cccnc1)N2c1ccc(CO)cc1. The molecule has 122 valence electrons. The van der Waals surface area contributed by atoms with E-state index in [4.69, 9.17) is 0 Å². The van der Waals surface area contributed by atoms with Crippen molar-refractivity contribution >= 4 is 11.4 Å². The molecular weight excluding hydrogens is 312 g/mol. The van der Waals surface area contributed by atoms with E-state index in [1.165, 1.54) is 0 Å². The number of aliphatic hydroxyl groups excluding tert-OH is 1. The summed E-state index contributed by atoms with van der Waals surface area (Å²) in [6.07, 6.45) is 6.24. The molecule has 0 bridgehead atoms. The van der Waals surface area contributed by atoms with Crippen molar-refractivity contribution in [2.24, 2.45) is 0 Å². The van der Waals surface area contributed by atoms with Crippen molar-refractivity contribution in [2.75, 3.05) is 4.90 Å². The first-order valence-electron chi connectivity index (χ1n) is 8.08. The molecule has 25 heavy (non-hydrogen) atoms. The lowest BCUT2D eigenvalue weighted by molar-refractivity contribution is 0.282. The number of rotatable bonds is 3. The molecule has 0 amide bonds. The summed E-state index contributed by atoms with van der Waals surface area (Å²) in [5, 5.41) is 18.5. The topological polar surface area (TPSA) is 73.0 Å². The van der Waals surface area contributed by atoms with Gasteiger partial charge in [0.15, 0.2) is 0 Å². The van der Waals surface area contributed by atoms with Crippen LogP contribution in [0.3, 0.4) is 0 Å². The number of nitrogens with zero attached hydrogens (tertiary/aromatic N) is 4. The first-order valence-corrected chi connectivity index (χ1v) is 8.08. The Balaban J connectivity index is 1.84. The number of aromatic nitrogens is 2. The second kappa shape index (κ2) is 6.34. The maximum Gasteiger partial charge on any atom is 0.142 e. The summed E-state index contributed by atoms with van der Waals surface area (Å²) in [6.45, 7) is 0.0192. The average Bonchev–Trinajstić information content (AvgIpc) is 3.07. The minimum atomic E-state index is 0.0192. The van der Waals surface area contributed by atoms with E-state index >= 15 is 0 Å². The number of anilines is 2. The van der Waals surface area contributed by atoms with Crippen LogP contribution in [-0.4, -0.2) is 15.1 Å². The van der Waals surface area contributed by atoms with Crippen LogP contribution in [0.4, 0.5) is 11.4 Å². The van der Waals surface area contributed by atoms with Crippen LogP contribution >= 0.6 is 0 Å². The van der Waals surface area contributed by atoms with E-state index < -0.39 is 0 Å². The van der Waals surface area contributed by atoms with Crippen LogP contribution in [0.25, 0.3) is 0 Å². The van der Waals surface area contributed by atoms with Crippen LogP contribution in [0.5, 0.6) is 0 Å². The third kappa shape index (κ3) is 2.73. The highest BCUT2D eigenvalue weighted by Gasteiger charge is 2.32. The van der Waals surface area contributed by atoms with Gasteiger partial charge in [-0.25, -0.2) is 4.98 Å². The summed E-state index contributed by atoms with van der Waals surface area (Å²) in [5.41, 5.74) is 5.51. The molecule has 1 aromatic carbocycles. The molecule has 0 saturated carbocycles. The van der Waals surface area contributed by atoms with Crippen molar-refractivity contribution in [3.8, 4) is 6.07 Å². The molecule has 1 N–H and O–H groups in total. The lowest BCUT2D eigenvalue weighted by Gasteiger charge is -2.28. The molecule has 1 aliphatic heterocycles. The Kier molecular flexibility index (Phi) is 3.88. The van der Waals surface area contributed by atoms with Crippen LogP contribution in [-0.2, 0) is 13.0 Å². The average molecular weight is 328 g/mol. The quantitative estimate of drug-likeness (QED) is 0.799. The number of hydrogen-bond acceptors (Lipinski definition) is 5. The highest BCUT2D eigenvalue weighted by Crippen LogP contribution is 2.45. The normalized spacial score (nSPS) is 15.7. The minimum Gasteiger partial charge on any atom is -0.392 e. The zero-order valence-electron chi connectivity index (χ0n) is 13.5. The van der Waals surface area contributed by atoms with Gasteiger partial charge in [0, 0.05) is 36.4 Å². The van der Waals surface area contributed by atoms with Gasteiger partial charge in [0.25, 0.3) is 0 Å². The van der Waals surface area contributed by atoms with Gasteiger partial charge in [-0.05, 0) is 41.0 Å². The van der Waals surface area contributed by atoms with Crippen LogP contribution in [0.15, 0.2) is 61.1 Å². The number of fused-ring (bicyclic) bond motifs is 1. The predicted molar refractivity (Wildman–Crippen MR) is 94.1 cm³/mol. The summed E-state index contributed by atoms with van der Waals surface area (Å²) < 4.78 is 0. The summed E-state index contributed by atoms with van der Waals surface area (Å²) in [4.78, 5) is 10.7. The van der Waals surface area contributed by atoms with Crippen molar-refractivity contribution in [1.82, 2.24) is 9.97 Å². The van der Waals surface area contributed by atoms with E-state index in [9.17, 15) is 10.4 Å². The Morgan fingerprint density at radius 3 is 2.72 bits per heavy atom. The molecule has 1 atom stereocenters. The largest absolute Gasteiger partial charge is 0.392 e. The van der Waals surface area contributed by atoms with E-state index in [1.54, 1.807) is 12.4 Å². The van der Waals surface area contributed by atoms with E-state index in [2.05, 4.69) is 27.0 Å². The van der Waals surface area contributed by atoms with Gasteiger partial charge in [-0.3, -0.25) is 4.98 Å². The molecule has 5 nitrogen and oxygen atoms in total. The van der Waals surface area contributed by atoms with E-state index in [0.717, 1.165) is 34.5 Å². The molecule has 0 spiro atoms. The van der Waals surface area contributed by atoms with Crippen LogP contribution in [0.1, 0.15) is 28.4 Å². The highest BCUT2D eigenvalue weighted by molar-refractivity contribution is 5.72. The molecule has 2 aromatic heterocycles. The standard InChI is InChI=1S/C20H16N4O/c21-10-17-9-20-16(12-23-17)8-19(15-2-1-7-22-11-15)24(20)18-5-3-14(13-25)4-6-18/h1-7,9,11-12,19,25H,8,13H2. The lowest BCUT2D eigenvalue weighted by atomic mass is 10.0. The molecular formula is C20H16N4O. The first-order chi connectivity index (χ1) is 12.3. The molecule has 5 heteroatoms. The number of aliphatic hydroxyl groups is 1. The Bertz CT molecular complexity index is 932. The molecule has 0 radical (unpaired) electrons. The van der Waals surface area contributed by atoms with Crippen molar-refractivity contribution in [2.45, 2.75) is 19.1 Å². The van der Waals surface area contributed by atoms with Gasteiger partial charge in [0.2, 0.25) is 0 Å². The summed E-state index contributed by atoms with van der Waals surface area (Å²) >= 11 is 0. The molecule has 4 rings (SSSR count). The maximum absolute atomic E-state index is 9.28. The van der Waals surface area contributed by atoms with Crippen LogP contribution in [0.2, 0.25) is 0 Å². The number of hydrogen-bond donors (Lipinski definition) is 1. The highest BCUT2D eigenvalue weighted by atomic mass is 16.3. The Morgan fingerprint density at radius 1 is 1.20 bits per heavy atom. The fraction of sp³-hybridized carbons (Fsp3) is 0.150. The van der Waals surface area contributed by atoms with Crippen LogP contribution in [0, 0.1) is 11.3 Å². The van der Waals surface area contributed by atoms with Gasteiger partial charge in [-0.15, -0.1) is 0 Å². The van der Waals surface area contributed by atoms with E-state index in [0.29, 0.717) is 5.69 Å². The molecule has 1 unspecified atom stereocenters. The third-order valence-electron chi connectivity index (χ3n) is 4.53. The van der Waals surface area contributed by atoms with Gasteiger partial charge in [0.05, 0.1) is 12.6 Å². The lowest BCUT2D eigenvalue weighted by Crippen LogP contribution is -2.19. The number of pyridine rings is 2.